The molecule has 0 aliphatic carbocycles. The molecule has 1 amide bonds. The van der Waals surface area contributed by atoms with E-state index in [-0.39, 0.29) is 11.2 Å². The summed E-state index contributed by atoms with van der Waals surface area (Å²) in [5, 5.41) is 2.54. The van der Waals surface area contributed by atoms with Crippen LogP contribution in [0.3, 0.4) is 0 Å². The van der Waals surface area contributed by atoms with Gasteiger partial charge in [-0.3, -0.25) is 9.59 Å². The molecule has 0 aliphatic heterocycles. The molecule has 0 saturated heterocycles. The Morgan fingerprint density at radius 3 is 2.50 bits per heavy atom. The smallest absolute Gasteiger partial charge is 0.210 e. The summed E-state index contributed by atoms with van der Waals surface area (Å²) in [6.45, 7) is 4.04. The molecule has 0 rings (SSSR count). The van der Waals surface area contributed by atoms with Crippen LogP contribution in [0.5, 0.6) is 0 Å². The third kappa shape index (κ3) is 4.38. The van der Waals surface area contributed by atoms with Crippen molar-refractivity contribution in [1.82, 2.24) is 5.32 Å². The second-order valence-corrected chi connectivity index (χ2v) is 3.80. The Balaban J connectivity index is 4.02. The summed E-state index contributed by atoms with van der Waals surface area (Å²) in [5.74, 6) is 0.415. The molecule has 0 aromatic rings. The lowest BCUT2D eigenvalue weighted by molar-refractivity contribution is -0.117. The molecule has 0 unspecified atom stereocenters. The van der Waals surface area contributed by atoms with Crippen molar-refractivity contribution in [2.45, 2.75) is 26.3 Å². The molecule has 0 aromatic heterocycles. The van der Waals surface area contributed by atoms with Crippen LogP contribution in [0.15, 0.2) is 0 Å². The maximum Gasteiger partial charge on any atom is 0.210 e. The molecule has 1 atom stereocenters. The monoisotopic (exact) mass is 189 g/mol. The summed E-state index contributed by atoms with van der Waals surface area (Å²) in [6.07, 6.45) is 3.02. The number of hydrogen-bond acceptors (Lipinski definition) is 3. The van der Waals surface area contributed by atoms with Crippen LogP contribution in [0.25, 0.3) is 0 Å². The van der Waals surface area contributed by atoms with Gasteiger partial charge in [0.2, 0.25) is 11.5 Å². The standard InChI is InChI=1S/C8H15NO2S/c1-6(2)4-7(9-5-10)8(11)12-3/h5-7H,4H2,1-3H3,(H,9,10)/t7-/m0/s1. The van der Waals surface area contributed by atoms with Crippen molar-refractivity contribution < 1.29 is 9.59 Å². The number of carbonyl (C=O) groups excluding carboxylic acids is 2. The molecule has 0 fully saturated rings. The quantitative estimate of drug-likeness (QED) is 0.657. The Bertz CT molecular complexity index is 159. The van der Waals surface area contributed by atoms with Crippen molar-refractivity contribution in [3.63, 3.8) is 0 Å². The molecule has 4 heteroatoms. The van der Waals surface area contributed by atoms with Crippen molar-refractivity contribution in [2.75, 3.05) is 6.26 Å². The minimum absolute atomic E-state index is 0.0239. The minimum atomic E-state index is -0.322. The van der Waals surface area contributed by atoms with Crippen LogP contribution in [0.4, 0.5) is 0 Å². The normalized spacial score (nSPS) is 12.7. The Morgan fingerprint density at radius 2 is 2.17 bits per heavy atom. The summed E-state index contributed by atoms with van der Waals surface area (Å²) in [6, 6.07) is -0.322. The summed E-state index contributed by atoms with van der Waals surface area (Å²) in [5.41, 5.74) is 0. The number of rotatable bonds is 5. The summed E-state index contributed by atoms with van der Waals surface area (Å²) >= 11 is 1.15. The topological polar surface area (TPSA) is 46.2 Å². The fraction of sp³-hybridized carbons (Fsp3) is 0.750. The van der Waals surface area contributed by atoms with Crippen LogP contribution < -0.4 is 5.32 Å². The van der Waals surface area contributed by atoms with E-state index in [4.69, 9.17) is 0 Å². The number of hydrogen-bond donors (Lipinski definition) is 1. The van der Waals surface area contributed by atoms with Crippen LogP contribution in [0.1, 0.15) is 20.3 Å². The zero-order valence-electron chi connectivity index (χ0n) is 7.66. The highest BCUT2D eigenvalue weighted by Gasteiger charge is 2.17. The summed E-state index contributed by atoms with van der Waals surface area (Å²) in [4.78, 5) is 21.3. The van der Waals surface area contributed by atoms with Crippen LogP contribution in [0.2, 0.25) is 0 Å². The van der Waals surface area contributed by atoms with E-state index >= 15 is 0 Å². The molecule has 0 aromatic carbocycles. The van der Waals surface area contributed by atoms with Crippen LogP contribution in [-0.4, -0.2) is 23.8 Å². The maximum absolute atomic E-state index is 11.2. The molecule has 12 heavy (non-hydrogen) atoms. The molecule has 0 spiro atoms. The van der Waals surface area contributed by atoms with Gasteiger partial charge in [0.25, 0.3) is 0 Å². The average Bonchev–Trinajstić information content (AvgIpc) is 2.01. The zero-order valence-corrected chi connectivity index (χ0v) is 8.48. The van der Waals surface area contributed by atoms with Gasteiger partial charge in [0.1, 0.15) is 0 Å². The summed E-state index contributed by atoms with van der Waals surface area (Å²) < 4.78 is 0. The average molecular weight is 189 g/mol. The molecule has 0 saturated carbocycles. The van der Waals surface area contributed by atoms with E-state index in [1.807, 2.05) is 13.8 Å². The van der Waals surface area contributed by atoms with Crippen molar-refractivity contribution in [3.05, 3.63) is 0 Å². The maximum atomic E-state index is 11.2. The fourth-order valence-corrected chi connectivity index (χ4v) is 1.38. The Morgan fingerprint density at radius 1 is 1.58 bits per heavy atom. The first-order valence-electron chi connectivity index (χ1n) is 3.89. The zero-order chi connectivity index (χ0) is 9.56. The van der Waals surface area contributed by atoms with Gasteiger partial charge in [-0.25, -0.2) is 0 Å². The van der Waals surface area contributed by atoms with Gasteiger partial charge in [-0.05, 0) is 18.6 Å². The van der Waals surface area contributed by atoms with Crippen LogP contribution >= 0.6 is 11.8 Å². The molecule has 0 aliphatic rings. The SMILES string of the molecule is CSC(=O)[C@H](CC(C)C)NC=O. The van der Waals surface area contributed by atoms with E-state index in [9.17, 15) is 9.59 Å². The van der Waals surface area contributed by atoms with Gasteiger partial charge in [0.15, 0.2) is 0 Å². The van der Waals surface area contributed by atoms with Gasteiger partial charge in [-0.2, -0.15) is 0 Å². The fourth-order valence-electron chi connectivity index (χ4n) is 0.928. The second kappa shape index (κ2) is 6.06. The highest BCUT2D eigenvalue weighted by atomic mass is 32.2. The lowest BCUT2D eigenvalue weighted by Gasteiger charge is -2.15. The first-order chi connectivity index (χ1) is 5.61. The van der Waals surface area contributed by atoms with E-state index in [0.29, 0.717) is 18.7 Å². The van der Waals surface area contributed by atoms with E-state index in [1.54, 1.807) is 6.26 Å². The molecule has 70 valence electrons. The molecule has 0 radical (unpaired) electrons. The van der Waals surface area contributed by atoms with Crippen LogP contribution in [0, 0.1) is 5.92 Å². The first-order valence-corrected chi connectivity index (χ1v) is 5.11. The summed E-state index contributed by atoms with van der Waals surface area (Å²) in [7, 11) is 0. The molecular formula is C8H15NO2S. The lowest BCUT2D eigenvalue weighted by atomic mass is 10.1. The first kappa shape index (κ1) is 11.5. The Hall–Kier alpha value is -0.510. The lowest BCUT2D eigenvalue weighted by Crippen LogP contribution is -2.35. The van der Waals surface area contributed by atoms with Crippen molar-refractivity contribution in [3.8, 4) is 0 Å². The molecule has 3 nitrogen and oxygen atoms in total. The largest absolute Gasteiger partial charge is 0.348 e. The van der Waals surface area contributed by atoms with Crippen molar-refractivity contribution in [1.29, 1.82) is 0 Å². The van der Waals surface area contributed by atoms with E-state index in [0.717, 1.165) is 11.8 Å². The van der Waals surface area contributed by atoms with Crippen molar-refractivity contribution >= 4 is 23.3 Å². The number of nitrogens with one attached hydrogen (secondary N) is 1. The Kier molecular flexibility index (Phi) is 5.80. The van der Waals surface area contributed by atoms with Crippen molar-refractivity contribution in [2.24, 2.45) is 5.92 Å². The van der Waals surface area contributed by atoms with E-state index < -0.39 is 0 Å². The molecule has 0 heterocycles. The minimum Gasteiger partial charge on any atom is -0.348 e. The third-order valence-corrected chi connectivity index (χ3v) is 2.15. The van der Waals surface area contributed by atoms with Crippen LogP contribution in [-0.2, 0) is 9.59 Å². The van der Waals surface area contributed by atoms with Gasteiger partial charge in [0.05, 0.1) is 6.04 Å². The van der Waals surface area contributed by atoms with E-state index in [1.165, 1.54) is 0 Å². The molecular weight excluding hydrogens is 174 g/mol. The Labute approximate surface area is 77.3 Å². The number of amides is 1. The molecule has 0 bridgehead atoms. The third-order valence-electron chi connectivity index (χ3n) is 1.46. The van der Waals surface area contributed by atoms with Gasteiger partial charge in [-0.1, -0.05) is 25.6 Å². The predicted molar refractivity (Wildman–Crippen MR) is 51.0 cm³/mol. The molecule has 1 N–H and O–H groups in total. The highest BCUT2D eigenvalue weighted by molar-refractivity contribution is 8.13. The highest BCUT2D eigenvalue weighted by Crippen LogP contribution is 2.10. The van der Waals surface area contributed by atoms with Gasteiger partial charge < -0.3 is 5.32 Å². The van der Waals surface area contributed by atoms with Gasteiger partial charge in [0, 0.05) is 0 Å². The van der Waals surface area contributed by atoms with Gasteiger partial charge in [-0.15, -0.1) is 0 Å². The van der Waals surface area contributed by atoms with E-state index in [2.05, 4.69) is 5.32 Å². The second-order valence-electron chi connectivity index (χ2n) is 2.99. The number of carbonyl (C=O) groups is 2. The number of thioether (sulfide) groups is 1. The van der Waals surface area contributed by atoms with Gasteiger partial charge >= 0.3 is 0 Å². The predicted octanol–water partition coefficient (Wildman–Crippen LogP) is 1.04.